The molecule has 4 nitrogen and oxygen atoms in total. The molecule has 4 heteroatoms. The molecule has 0 aliphatic heterocycles. The number of aliphatic carboxylic acids is 1. The highest BCUT2D eigenvalue weighted by Gasteiger charge is 2.26. The summed E-state index contributed by atoms with van der Waals surface area (Å²) in [4.78, 5) is 24.1. The molecule has 1 amide bonds. The van der Waals surface area contributed by atoms with Gasteiger partial charge in [0.05, 0.1) is 6.42 Å². The lowest BCUT2D eigenvalue weighted by atomic mass is 9.85. The summed E-state index contributed by atoms with van der Waals surface area (Å²) in [6.07, 6.45) is 0.302. The molecule has 0 unspecified atom stereocenters. The maximum atomic E-state index is 11.8. The van der Waals surface area contributed by atoms with Gasteiger partial charge in [-0.2, -0.15) is 0 Å². The Bertz CT molecular complexity index is 259. The molecule has 0 aliphatic carbocycles. The van der Waals surface area contributed by atoms with Crippen LogP contribution in [0.4, 0.5) is 0 Å². The van der Waals surface area contributed by atoms with Crippen molar-refractivity contribution >= 4 is 11.9 Å². The normalized spacial score (nSPS) is 11.6. The molecule has 0 radical (unpaired) electrons. The SMILES string of the molecule is CC(C)CN(C)C(=O)CC(C)(C)CC(=O)O. The molecule has 0 aromatic rings. The third-order valence-electron chi connectivity index (χ3n) is 2.32. The highest BCUT2D eigenvalue weighted by atomic mass is 16.4. The molecule has 0 rings (SSSR count). The van der Waals surface area contributed by atoms with Gasteiger partial charge in [0, 0.05) is 20.0 Å². The van der Waals surface area contributed by atoms with Crippen LogP contribution < -0.4 is 0 Å². The molecule has 1 N–H and O–H groups in total. The van der Waals surface area contributed by atoms with Crippen molar-refractivity contribution in [1.29, 1.82) is 0 Å². The minimum atomic E-state index is -0.857. The molecule has 0 spiro atoms. The van der Waals surface area contributed by atoms with Gasteiger partial charge in [-0.3, -0.25) is 9.59 Å². The number of carbonyl (C=O) groups excluding carboxylic acids is 1. The van der Waals surface area contributed by atoms with Crippen molar-refractivity contribution in [2.24, 2.45) is 11.3 Å². The number of rotatable bonds is 6. The summed E-state index contributed by atoms with van der Waals surface area (Å²) in [5, 5.41) is 8.72. The summed E-state index contributed by atoms with van der Waals surface area (Å²) in [5.41, 5.74) is -0.478. The number of carboxylic acid groups (broad SMARTS) is 1. The largest absolute Gasteiger partial charge is 0.481 e. The minimum Gasteiger partial charge on any atom is -0.481 e. The summed E-state index contributed by atoms with van der Waals surface area (Å²) in [5.74, 6) is -0.416. The average molecular weight is 229 g/mol. The van der Waals surface area contributed by atoms with E-state index in [4.69, 9.17) is 5.11 Å². The molecule has 0 atom stereocenters. The van der Waals surface area contributed by atoms with Gasteiger partial charge in [-0.15, -0.1) is 0 Å². The predicted molar refractivity (Wildman–Crippen MR) is 63.1 cm³/mol. The van der Waals surface area contributed by atoms with Crippen LogP contribution in [0.2, 0.25) is 0 Å². The topological polar surface area (TPSA) is 57.6 Å². The van der Waals surface area contributed by atoms with Crippen LogP contribution in [0.25, 0.3) is 0 Å². The second-order valence-electron chi connectivity index (χ2n) is 5.58. The Balaban J connectivity index is 4.26. The lowest BCUT2D eigenvalue weighted by molar-refractivity contribution is -0.140. The quantitative estimate of drug-likeness (QED) is 0.757. The summed E-state index contributed by atoms with van der Waals surface area (Å²) in [6, 6.07) is 0. The van der Waals surface area contributed by atoms with Gasteiger partial charge in [0.15, 0.2) is 0 Å². The standard InChI is InChI=1S/C12H23NO3/c1-9(2)8-13(5)10(14)6-12(3,4)7-11(15)16/h9H,6-8H2,1-5H3,(H,15,16). The van der Waals surface area contributed by atoms with Crippen LogP contribution in [-0.4, -0.2) is 35.5 Å². The maximum Gasteiger partial charge on any atom is 0.303 e. The maximum absolute atomic E-state index is 11.8. The number of hydrogen-bond acceptors (Lipinski definition) is 2. The number of amides is 1. The third-order valence-corrected chi connectivity index (χ3v) is 2.32. The van der Waals surface area contributed by atoms with E-state index in [1.165, 1.54) is 0 Å². The van der Waals surface area contributed by atoms with Crippen LogP contribution in [0.15, 0.2) is 0 Å². The molecule has 94 valence electrons. The van der Waals surface area contributed by atoms with Gasteiger partial charge in [0.2, 0.25) is 5.91 Å². The van der Waals surface area contributed by atoms with Crippen molar-refractivity contribution in [2.45, 2.75) is 40.5 Å². The van der Waals surface area contributed by atoms with Crippen molar-refractivity contribution in [3.05, 3.63) is 0 Å². The van der Waals surface area contributed by atoms with Crippen LogP contribution in [0.1, 0.15) is 40.5 Å². The van der Waals surface area contributed by atoms with E-state index in [0.717, 1.165) is 0 Å². The number of nitrogens with zero attached hydrogens (tertiary/aromatic N) is 1. The molecule has 0 heterocycles. The summed E-state index contributed by atoms with van der Waals surface area (Å²) < 4.78 is 0. The zero-order valence-corrected chi connectivity index (χ0v) is 10.9. The summed E-state index contributed by atoms with van der Waals surface area (Å²) in [7, 11) is 1.76. The van der Waals surface area contributed by atoms with Gasteiger partial charge in [0.25, 0.3) is 0 Å². The van der Waals surface area contributed by atoms with Crippen LogP contribution in [0, 0.1) is 11.3 Å². The van der Waals surface area contributed by atoms with Crippen LogP contribution >= 0.6 is 0 Å². The summed E-state index contributed by atoms with van der Waals surface area (Å²) >= 11 is 0. The van der Waals surface area contributed by atoms with Gasteiger partial charge in [0.1, 0.15) is 0 Å². The minimum absolute atomic E-state index is 0.0138. The molecule has 0 aromatic carbocycles. The van der Waals surface area contributed by atoms with Crippen LogP contribution in [-0.2, 0) is 9.59 Å². The second-order valence-corrected chi connectivity index (χ2v) is 5.58. The molecular weight excluding hydrogens is 206 g/mol. The fourth-order valence-electron chi connectivity index (χ4n) is 1.67. The first-order valence-electron chi connectivity index (χ1n) is 5.60. The Hall–Kier alpha value is -1.06. The van der Waals surface area contributed by atoms with Gasteiger partial charge < -0.3 is 10.0 Å². The van der Waals surface area contributed by atoms with E-state index >= 15 is 0 Å². The van der Waals surface area contributed by atoms with Crippen molar-refractivity contribution in [2.75, 3.05) is 13.6 Å². The Morgan fingerprint density at radius 1 is 1.25 bits per heavy atom. The number of carbonyl (C=O) groups is 2. The second kappa shape index (κ2) is 5.87. The van der Waals surface area contributed by atoms with Crippen molar-refractivity contribution in [3.63, 3.8) is 0 Å². The average Bonchev–Trinajstić information content (AvgIpc) is 1.98. The lowest BCUT2D eigenvalue weighted by Crippen LogP contribution is -2.34. The highest BCUT2D eigenvalue weighted by Crippen LogP contribution is 2.25. The van der Waals surface area contributed by atoms with E-state index in [-0.39, 0.29) is 18.7 Å². The zero-order valence-electron chi connectivity index (χ0n) is 10.9. The third kappa shape index (κ3) is 6.43. The van der Waals surface area contributed by atoms with Crippen molar-refractivity contribution < 1.29 is 14.7 Å². The van der Waals surface area contributed by atoms with Crippen LogP contribution in [0.3, 0.4) is 0 Å². The van der Waals surface area contributed by atoms with E-state index in [2.05, 4.69) is 0 Å². The fraction of sp³-hybridized carbons (Fsp3) is 0.833. The van der Waals surface area contributed by atoms with Crippen molar-refractivity contribution in [3.8, 4) is 0 Å². The van der Waals surface area contributed by atoms with Gasteiger partial charge >= 0.3 is 5.97 Å². The highest BCUT2D eigenvalue weighted by molar-refractivity contribution is 5.77. The van der Waals surface area contributed by atoms with E-state index in [0.29, 0.717) is 12.5 Å². The number of carboxylic acids is 1. The lowest BCUT2D eigenvalue weighted by Gasteiger charge is -2.26. The summed E-state index contributed by atoms with van der Waals surface area (Å²) in [6.45, 7) is 8.42. The molecule has 0 saturated carbocycles. The first-order valence-corrected chi connectivity index (χ1v) is 5.60. The molecular formula is C12H23NO3. The Labute approximate surface area is 97.6 Å². The fourth-order valence-corrected chi connectivity index (χ4v) is 1.67. The molecule has 0 fully saturated rings. The van der Waals surface area contributed by atoms with E-state index in [1.54, 1.807) is 11.9 Å². The molecule has 0 aromatic heterocycles. The Morgan fingerprint density at radius 3 is 2.12 bits per heavy atom. The predicted octanol–water partition coefficient (Wildman–Crippen LogP) is 1.99. The Kier molecular flexibility index (Phi) is 5.48. The molecule has 0 aliphatic rings. The van der Waals surface area contributed by atoms with Crippen LogP contribution in [0.5, 0.6) is 0 Å². The van der Waals surface area contributed by atoms with Gasteiger partial charge in [-0.25, -0.2) is 0 Å². The number of hydrogen-bond donors (Lipinski definition) is 1. The van der Waals surface area contributed by atoms with E-state index in [9.17, 15) is 9.59 Å². The molecule has 16 heavy (non-hydrogen) atoms. The monoisotopic (exact) mass is 229 g/mol. The first-order chi connectivity index (χ1) is 7.14. The van der Waals surface area contributed by atoms with Gasteiger partial charge in [-0.1, -0.05) is 27.7 Å². The van der Waals surface area contributed by atoms with Crippen molar-refractivity contribution in [1.82, 2.24) is 4.90 Å². The molecule has 0 bridgehead atoms. The van der Waals surface area contributed by atoms with E-state index < -0.39 is 11.4 Å². The molecule has 0 saturated heterocycles. The smallest absolute Gasteiger partial charge is 0.303 e. The first kappa shape index (κ1) is 14.9. The zero-order chi connectivity index (χ0) is 12.9. The van der Waals surface area contributed by atoms with E-state index in [1.807, 2.05) is 27.7 Å². The Morgan fingerprint density at radius 2 is 1.75 bits per heavy atom. The van der Waals surface area contributed by atoms with Gasteiger partial charge in [-0.05, 0) is 11.3 Å².